The van der Waals surface area contributed by atoms with Crippen LogP contribution in [0, 0.1) is 0 Å². The minimum atomic E-state index is -5.83. The summed E-state index contributed by atoms with van der Waals surface area (Å²) in [6.07, 6.45) is -8.95. The molecule has 0 aliphatic rings. The Balaban J connectivity index is 4.97. The molecule has 0 aliphatic heterocycles. The molecule has 1 N–H and O–H groups in total. The van der Waals surface area contributed by atoms with Crippen LogP contribution in [0.2, 0.25) is 0 Å². The second-order valence-corrected chi connectivity index (χ2v) is 6.24. The Labute approximate surface area is 106 Å². The molecule has 0 spiro atoms. The van der Waals surface area contributed by atoms with Gasteiger partial charge in [-0.25, -0.2) is 8.42 Å². The van der Waals surface area contributed by atoms with Gasteiger partial charge < -0.3 is 5.11 Å². The zero-order valence-electron chi connectivity index (χ0n) is 9.88. The van der Waals surface area contributed by atoms with Crippen molar-refractivity contribution in [3.05, 3.63) is 0 Å². The van der Waals surface area contributed by atoms with E-state index in [1.54, 1.807) is 0 Å². The molecule has 0 bridgehead atoms. The summed E-state index contributed by atoms with van der Waals surface area (Å²) in [6, 6.07) is 0. The van der Waals surface area contributed by atoms with Crippen LogP contribution in [0.4, 0.5) is 22.0 Å². The molecule has 0 saturated carbocycles. The fourth-order valence-corrected chi connectivity index (χ4v) is 2.98. The molecular weight excluding hydrogens is 299 g/mol. The smallest absolute Gasteiger partial charge is 0.453 e. The van der Waals surface area contributed by atoms with E-state index < -0.39 is 51.7 Å². The maximum absolute atomic E-state index is 12.6. The molecule has 0 heterocycles. The topological polar surface area (TPSA) is 71.4 Å². The van der Waals surface area contributed by atoms with Gasteiger partial charge in [0.05, 0.1) is 5.75 Å². The van der Waals surface area contributed by atoms with Crippen LogP contribution in [0.25, 0.3) is 0 Å². The SMILES string of the molecule is CCCS(=O)(=O)C(CCC(F)(F)C(F)(F)F)C(=O)O. The van der Waals surface area contributed by atoms with E-state index in [1.165, 1.54) is 6.92 Å². The van der Waals surface area contributed by atoms with E-state index in [9.17, 15) is 35.2 Å². The molecule has 114 valence electrons. The van der Waals surface area contributed by atoms with E-state index in [0.29, 0.717) is 0 Å². The number of carboxylic acids is 1. The van der Waals surface area contributed by atoms with Crippen LogP contribution in [-0.2, 0) is 14.6 Å². The minimum absolute atomic E-state index is 0.0434. The zero-order chi connectivity index (χ0) is 15.5. The molecular formula is C9H13F5O4S. The minimum Gasteiger partial charge on any atom is -0.480 e. The van der Waals surface area contributed by atoms with Crippen LogP contribution in [0.5, 0.6) is 0 Å². The number of rotatable bonds is 7. The maximum atomic E-state index is 12.6. The standard InChI is InChI=1S/C9H13F5O4S/c1-2-5-19(17,18)6(7(15)16)3-4-8(10,11)9(12,13)14/h6H,2-5H2,1H3,(H,15,16). The van der Waals surface area contributed by atoms with E-state index in [0.717, 1.165) is 0 Å². The van der Waals surface area contributed by atoms with E-state index in [-0.39, 0.29) is 6.42 Å². The van der Waals surface area contributed by atoms with Gasteiger partial charge in [-0.1, -0.05) is 6.92 Å². The lowest BCUT2D eigenvalue weighted by molar-refractivity contribution is -0.284. The Hall–Kier alpha value is -0.930. The van der Waals surface area contributed by atoms with Gasteiger partial charge in [0.2, 0.25) is 0 Å². The molecule has 0 aromatic carbocycles. The molecule has 10 heteroatoms. The zero-order valence-corrected chi connectivity index (χ0v) is 10.7. The van der Waals surface area contributed by atoms with Crippen molar-refractivity contribution >= 4 is 15.8 Å². The average molecular weight is 312 g/mol. The lowest BCUT2D eigenvalue weighted by Crippen LogP contribution is -2.39. The quantitative estimate of drug-likeness (QED) is 0.732. The first kappa shape index (κ1) is 18.1. The van der Waals surface area contributed by atoms with Crippen molar-refractivity contribution in [1.82, 2.24) is 0 Å². The van der Waals surface area contributed by atoms with Crippen LogP contribution >= 0.6 is 0 Å². The Kier molecular flexibility index (Phi) is 5.72. The maximum Gasteiger partial charge on any atom is 0.453 e. The van der Waals surface area contributed by atoms with Crippen molar-refractivity contribution in [3.8, 4) is 0 Å². The predicted octanol–water partition coefficient (Wildman–Crippen LogP) is 2.24. The average Bonchev–Trinajstić information content (AvgIpc) is 2.14. The van der Waals surface area contributed by atoms with Gasteiger partial charge in [0.15, 0.2) is 15.1 Å². The van der Waals surface area contributed by atoms with Crippen molar-refractivity contribution in [2.45, 2.75) is 43.5 Å². The van der Waals surface area contributed by atoms with Crippen molar-refractivity contribution in [2.24, 2.45) is 0 Å². The highest BCUT2D eigenvalue weighted by atomic mass is 32.2. The number of carbonyl (C=O) groups is 1. The molecule has 19 heavy (non-hydrogen) atoms. The summed E-state index contributed by atoms with van der Waals surface area (Å²) in [5.41, 5.74) is 0. The van der Waals surface area contributed by atoms with Crippen LogP contribution in [0.3, 0.4) is 0 Å². The normalized spacial score (nSPS) is 15.3. The summed E-state index contributed by atoms with van der Waals surface area (Å²) in [6.45, 7) is 1.42. The first-order valence-corrected chi connectivity index (χ1v) is 6.95. The van der Waals surface area contributed by atoms with Gasteiger partial charge >= 0.3 is 18.1 Å². The second-order valence-electron chi connectivity index (χ2n) is 3.93. The second kappa shape index (κ2) is 6.02. The molecule has 0 aliphatic carbocycles. The molecule has 0 fully saturated rings. The van der Waals surface area contributed by atoms with E-state index in [4.69, 9.17) is 5.11 Å². The number of hydrogen-bond acceptors (Lipinski definition) is 3. The van der Waals surface area contributed by atoms with Crippen LogP contribution in [0.15, 0.2) is 0 Å². The summed E-state index contributed by atoms with van der Waals surface area (Å²) in [7, 11) is -4.24. The number of alkyl halides is 5. The van der Waals surface area contributed by atoms with Gasteiger partial charge in [0.1, 0.15) is 0 Å². The Bertz CT molecular complexity index is 415. The van der Waals surface area contributed by atoms with Crippen LogP contribution in [0.1, 0.15) is 26.2 Å². The highest BCUT2D eigenvalue weighted by Crippen LogP contribution is 2.39. The van der Waals surface area contributed by atoms with E-state index >= 15 is 0 Å². The van der Waals surface area contributed by atoms with Crippen molar-refractivity contribution in [1.29, 1.82) is 0 Å². The Morgan fingerprint density at radius 2 is 1.68 bits per heavy atom. The van der Waals surface area contributed by atoms with E-state index in [2.05, 4.69) is 0 Å². The summed E-state index contributed by atoms with van der Waals surface area (Å²) in [5.74, 6) is -7.62. The summed E-state index contributed by atoms with van der Waals surface area (Å²) in [4.78, 5) is 10.7. The third kappa shape index (κ3) is 4.92. The lowest BCUT2D eigenvalue weighted by Gasteiger charge is -2.21. The molecule has 0 aromatic rings. The molecule has 0 radical (unpaired) electrons. The highest BCUT2D eigenvalue weighted by molar-refractivity contribution is 7.92. The lowest BCUT2D eigenvalue weighted by atomic mass is 10.1. The van der Waals surface area contributed by atoms with Crippen LogP contribution < -0.4 is 0 Å². The number of halogens is 5. The van der Waals surface area contributed by atoms with Crippen molar-refractivity contribution < 1.29 is 40.3 Å². The molecule has 0 amide bonds. The third-order valence-electron chi connectivity index (χ3n) is 2.33. The Morgan fingerprint density at radius 1 is 1.21 bits per heavy atom. The largest absolute Gasteiger partial charge is 0.480 e. The van der Waals surface area contributed by atoms with E-state index in [1.807, 2.05) is 0 Å². The van der Waals surface area contributed by atoms with Crippen LogP contribution in [-0.4, -0.2) is 42.6 Å². The molecule has 0 rings (SSSR count). The van der Waals surface area contributed by atoms with Crippen molar-refractivity contribution in [3.63, 3.8) is 0 Å². The molecule has 1 unspecified atom stereocenters. The van der Waals surface area contributed by atoms with Gasteiger partial charge in [-0.2, -0.15) is 22.0 Å². The summed E-state index contributed by atoms with van der Waals surface area (Å²) >= 11 is 0. The van der Waals surface area contributed by atoms with Crippen molar-refractivity contribution in [2.75, 3.05) is 5.75 Å². The number of carboxylic acid groups (broad SMARTS) is 1. The molecule has 0 saturated heterocycles. The van der Waals surface area contributed by atoms with Gasteiger partial charge in [-0.05, 0) is 12.8 Å². The summed E-state index contributed by atoms with van der Waals surface area (Å²) < 4.78 is 83.7. The fraction of sp³-hybridized carbons (Fsp3) is 0.889. The van der Waals surface area contributed by atoms with Gasteiger partial charge in [0, 0.05) is 6.42 Å². The first-order valence-electron chi connectivity index (χ1n) is 5.24. The molecule has 1 atom stereocenters. The van der Waals surface area contributed by atoms with Gasteiger partial charge in [-0.3, -0.25) is 4.79 Å². The molecule has 0 aromatic heterocycles. The van der Waals surface area contributed by atoms with Gasteiger partial charge in [-0.15, -0.1) is 0 Å². The number of sulfone groups is 1. The van der Waals surface area contributed by atoms with Gasteiger partial charge in [0.25, 0.3) is 0 Å². The summed E-state index contributed by atoms with van der Waals surface area (Å²) in [5, 5.41) is 6.38. The Morgan fingerprint density at radius 3 is 2.00 bits per heavy atom. The monoisotopic (exact) mass is 312 g/mol. The number of hydrogen-bond donors (Lipinski definition) is 1. The predicted molar refractivity (Wildman–Crippen MR) is 55.7 cm³/mol. The third-order valence-corrected chi connectivity index (χ3v) is 4.61. The first-order chi connectivity index (χ1) is 8.35. The molecule has 4 nitrogen and oxygen atoms in total. The number of aliphatic carboxylic acids is 1. The highest BCUT2D eigenvalue weighted by Gasteiger charge is 2.57. The fourth-order valence-electron chi connectivity index (χ4n) is 1.34.